The summed E-state index contributed by atoms with van der Waals surface area (Å²) < 4.78 is 28.0. The molecule has 1 aromatic carbocycles. The highest BCUT2D eigenvalue weighted by atomic mass is 32.2. The molecular weight excluding hydrogens is 380 g/mol. The third-order valence-electron chi connectivity index (χ3n) is 4.75. The Kier molecular flexibility index (Phi) is 4.88. The fraction of sp³-hybridized carbons (Fsp3) is 0.368. The Morgan fingerprint density at radius 2 is 1.96 bits per heavy atom. The highest BCUT2D eigenvalue weighted by Crippen LogP contribution is 2.28. The van der Waals surface area contributed by atoms with Crippen LogP contribution in [0.1, 0.15) is 29.8 Å². The van der Waals surface area contributed by atoms with Gasteiger partial charge in [-0.2, -0.15) is 0 Å². The van der Waals surface area contributed by atoms with Gasteiger partial charge in [0, 0.05) is 18.5 Å². The lowest BCUT2D eigenvalue weighted by atomic mass is 10.1. The Bertz CT molecular complexity index is 1090. The Morgan fingerprint density at radius 3 is 2.67 bits per heavy atom. The molecule has 3 heterocycles. The van der Waals surface area contributed by atoms with E-state index in [0.717, 1.165) is 53.8 Å². The average Bonchev–Trinajstić information content (AvgIpc) is 3.32. The lowest BCUT2D eigenvalue weighted by Crippen LogP contribution is -2.25. The van der Waals surface area contributed by atoms with E-state index in [-0.39, 0.29) is 6.54 Å². The fourth-order valence-electron chi connectivity index (χ4n) is 3.35. The number of hydrogen-bond donors (Lipinski definition) is 1. The van der Waals surface area contributed by atoms with Crippen molar-refractivity contribution < 1.29 is 8.42 Å². The molecule has 0 radical (unpaired) electrons. The molecule has 0 aliphatic carbocycles. The number of aromatic nitrogens is 2. The number of anilines is 1. The number of hydrogen-bond acceptors (Lipinski definition) is 6. The molecule has 27 heavy (non-hydrogen) atoms. The van der Waals surface area contributed by atoms with Crippen molar-refractivity contribution in [3.8, 4) is 0 Å². The summed E-state index contributed by atoms with van der Waals surface area (Å²) in [6.45, 7) is 5.92. The van der Waals surface area contributed by atoms with Gasteiger partial charge in [0.15, 0.2) is 0 Å². The molecule has 0 unspecified atom stereocenters. The van der Waals surface area contributed by atoms with Gasteiger partial charge in [-0.15, -0.1) is 11.3 Å². The number of nitrogens with zero attached hydrogens (tertiary/aromatic N) is 3. The normalized spacial score (nSPS) is 15.0. The molecule has 1 saturated heterocycles. The molecule has 8 heteroatoms. The van der Waals surface area contributed by atoms with Crippen molar-refractivity contribution in [1.82, 2.24) is 14.7 Å². The maximum Gasteiger partial charge on any atom is 0.250 e. The van der Waals surface area contributed by atoms with Gasteiger partial charge in [0.25, 0.3) is 0 Å². The second kappa shape index (κ2) is 7.18. The van der Waals surface area contributed by atoms with Crippen LogP contribution in [0.5, 0.6) is 0 Å². The Morgan fingerprint density at radius 1 is 1.19 bits per heavy atom. The Labute approximate surface area is 163 Å². The number of benzene rings is 1. The van der Waals surface area contributed by atoms with Crippen molar-refractivity contribution in [2.24, 2.45) is 0 Å². The van der Waals surface area contributed by atoms with E-state index in [2.05, 4.69) is 14.6 Å². The van der Waals surface area contributed by atoms with Crippen LogP contribution < -0.4 is 9.62 Å². The Hall–Kier alpha value is -2.03. The molecule has 3 aromatic rings. The maximum absolute atomic E-state index is 12.5. The van der Waals surface area contributed by atoms with Gasteiger partial charge in [0.05, 0.1) is 12.1 Å². The first-order valence-corrected chi connectivity index (χ1v) is 11.4. The van der Waals surface area contributed by atoms with Crippen molar-refractivity contribution in [3.63, 3.8) is 0 Å². The van der Waals surface area contributed by atoms with Crippen LogP contribution in [0.25, 0.3) is 10.9 Å². The standard InChI is InChI=1S/C19H22N4O2S2/c1-13-10-17(26-12-13)27(24,25)20-11-16-21-18-14(2)6-5-7-15(18)19(22-16)23-8-3-4-9-23/h5-7,10,12,20H,3-4,8-9,11H2,1-2H3. The molecular formula is C19H22N4O2S2. The Balaban J connectivity index is 1.68. The van der Waals surface area contributed by atoms with Crippen molar-refractivity contribution in [2.45, 2.75) is 37.4 Å². The molecule has 1 aliphatic rings. The lowest BCUT2D eigenvalue weighted by Gasteiger charge is -2.20. The van der Waals surface area contributed by atoms with Crippen LogP contribution >= 0.6 is 11.3 Å². The van der Waals surface area contributed by atoms with E-state index in [1.165, 1.54) is 11.3 Å². The summed E-state index contributed by atoms with van der Waals surface area (Å²) in [7, 11) is -3.56. The van der Waals surface area contributed by atoms with Crippen LogP contribution in [-0.2, 0) is 16.6 Å². The molecule has 2 aromatic heterocycles. The second-order valence-corrected chi connectivity index (χ2v) is 9.80. The largest absolute Gasteiger partial charge is 0.356 e. The highest BCUT2D eigenvalue weighted by molar-refractivity contribution is 7.91. The van der Waals surface area contributed by atoms with E-state index in [1.807, 2.05) is 37.4 Å². The van der Waals surface area contributed by atoms with Crippen molar-refractivity contribution in [3.05, 3.63) is 46.6 Å². The van der Waals surface area contributed by atoms with Gasteiger partial charge in [-0.1, -0.05) is 12.1 Å². The van der Waals surface area contributed by atoms with Crippen molar-refractivity contribution >= 4 is 38.1 Å². The van der Waals surface area contributed by atoms with E-state index < -0.39 is 10.0 Å². The molecule has 0 saturated carbocycles. The number of para-hydroxylation sites is 1. The molecule has 142 valence electrons. The van der Waals surface area contributed by atoms with E-state index in [0.29, 0.717) is 10.0 Å². The zero-order chi connectivity index (χ0) is 19.0. The number of nitrogens with one attached hydrogen (secondary N) is 1. The van der Waals surface area contributed by atoms with Crippen molar-refractivity contribution in [2.75, 3.05) is 18.0 Å². The van der Waals surface area contributed by atoms with Crippen LogP contribution in [0.15, 0.2) is 33.9 Å². The molecule has 0 spiro atoms. The summed E-state index contributed by atoms with van der Waals surface area (Å²) in [4.78, 5) is 11.6. The highest BCUT2D eigenvalue weighted by Gasteiger charge is 2.20. The van der Waals surface area contributed by atoms with Gasteiger partial charge in [0.1, 0.15) is 15.9 Å². The van der Waals surface area contributed by atoms with Crippen LogP contribution in [-0.4, -0.2) is 31.5 Å². The first-order chi connectivity index (χ1) is 12.9. The quantitative estimate of drug-likeness (QED) is 0.708. The summed E-state index contributed by atoms with van der Waals surface area (Å²) in [5, 5.41) is 2.85. The monoisotopic (exact) mass is 402 g/mol. The summed E-state index contributed by atoms with van der Waals surface area (Å²) in [6, 6.07) is 7.75. The van der Waals surface area contributed by atoms with Crippen LogP contribution in [0, 0.1) is 13.8 Å². The van der Waals surface area contributed by atoms with Crippen molar-refractivity contribution in [1.29, 1.82) is 0 Å². The van der Waals surface area contributed by atoms with Crippen LogP contribution in [0.4, 0.5) is 5.82 Å². The van der Waals surface area contributed by atoms with E-state index in [9.17, 15) is 8.42 Å². The predicted molar refractivity (Wildman–Crippen MR) is 109 cm³/mol. The van der Waals surface area contributed by atoms with Gasteiger partial charge >= 0.3 is 0 Å². The molecule has 1 aliphatic heterocycles. The molecule has 1 N–H and O–H groups in total. The third-order valence-corrected chi connectivity index (χ3v) is 7.71. The smallest absolute Gasteiger partial charge is 0.250 e. The molecule has 0 bridgehead atoms. The maximum atomic E-state index is 12.5. The predicted octanol–water partition coefficient (Wildman–Crippen LogP) is 3.39. The zero-order valence-electron chi connectivity index (χ0n) is 15.4. The molecule has 0 amide bonds. The molecule has 4 rings (SSSR count). The second-order valence-electron chi connectivity index (χ2n) is 6.90. The lowest BCUT2D eigenvalue weighted by molar-refractivity contribution is 0.581. The van der Waals surface area contributed by atoms with Gasteiger partial charge in [0.2, 0.25) is 10.0 Å². The number of fused-ring (bicyclic) bond motifs is 1. The summed E-state index contributed by atoms with van der Waals surface area (Å²) >= 11 is 1.22. The molecule has 1 fully saturated rings. The molecule has 0 atom stereocenters. The first kappa shape index (κ1) is 18.3. The van der Waals surface area contributed by atoms with Crippen LogP contribution in [0.2, 0.25) is 0 Å². The minimum absolute atomic E-state index is 0.0738. The van der Waals surface area contributed by atoms with Gasteiger partial charge in [-0.05, 0) is 55.3 Å². The van der Waals surface area contributed by atoms with Gasteiger partial charge in [-0.25, -0.2) is 23.1 Å². The number of sulfonamides is 1. The fourth-order valence-corrected chi connectivity index (χ4v) is 5.60. The SMILES string of the molecule is Cc1csc(S(=O)(=O)NCc2nc(N3CCCC3)c3cccc(C)c3n2)c1. The summed E-state index contributed by atoms with van der Waals surface area (Å²) in [5.74, 6) is 1.40. The van der Waals surface area contributed by atoms with Crippen LogP contribution in [0.3, 0.4) is 0 Å². The van der Waals surface area contributed by atoms with E-state index in [1.54, 1.807) is 6.07 Å². The summed E-state index contributed by atoms with van der Waals surface area (Å²) in [5.41, 5.74) is 2.89. The van der Waals surface area contributed by atoms with E-state index >= 15 is 0 Å². The minimum Gasteiger partial charge on any atom is -0.356 e. The average molecular weight is 403 g/mol. The zero-order valence-corrected chi connectivity index (χ0v) is 17.0. The number of aryl methyl sites for hydroxylation is 2. The number of rotatable bonds is 5. The third kappa shape index (κ3) is 3.69. The number of thiophene rings is 1. The van der Waals surface area contributed by atoms with E-state index in [4.69, 9.17) is 4.98 Å². The van der Waals surface area contributed by atoms with Gasteiger partial charge in [-0.3, -0.25) is 0 Å². The molecule has 6 nitrogen and oxygen atoms in total. The minimum atomic E-state index is -3.56. The summed E-state index contributed by atoms with van der Waals surface area (Å²) in [6.07, 6.45) is 2.30. The topological polar surface area (TPSA) is 75.2 Å². The first-order valence-electron chi connectivity index (χ1n) is 9.00. The van der Waals surface area contributed by atoms with Gasteiger partial charge < -0.3 is 4.90 Å².